The van der Waals surface area contributed by atoms with E-state index in [1.807, 2.05) is 48.5 Å². The summed E-state index contributed by atoms with van der Waals surface area (Å²) >= 11 is 1.19. The number of ketones is 1. The van der Waals surface area contributed by atoms with Crippen LogP contribution in [0.3, 0.4) is 0 Å². The van der Waals surface area contributed by atoms with Gasteiger partial charge in [-0.2, -0.15) is 5.10 Å². The Morgan fingerprint density at radius 3 is 2.43 bits per heavy atom. The molecule has 7 nitrogen and oxygen atoms in total. The lowest BCUT2D eigenvalue weighted by Gasteiger charge is -2.58. The molecule has 7 atom stereocenters. The Morgan fingerprint density at radius 2 is 1.68 bits per heavy atom. The number of anilines is 3. The molecule has 8 heteroatoms. The van der Waals surface area contributed by atoms with Gasteiger partial charge in [0.2, 0.25) is 5.78 Å². The second-order valence-corrected chi connectivity index (χ2v) is 15.8. The van der Waals surface area contributed by atoms with Crippen molar-refractivity contribution in [2.24, 2.45) is 39.6 Å². The molecule has 4 aliphatic rings. The van der Waals surface area contributed by atoms with Crippen molar-refractivity contribution in [2.75, 3.05) is 11.1 Å². The maximum absolute atomic E-state index is 13.8. The summed E-state index contributed by atoms with van der Waals surface area (Å²) in [6, 6.07) is 18.6. The van der Waals surface area contributed by atoms with Crippen molar-refractivity contribution in [2.45, 2.75) is 78.2 Å². The van der Waals surface area contributed by atoms with Crippen LogP contribution < -0.4 is 16.5 Å². The third-order valence-electron chi connectivity index (χ3n) is 12.4. The third kappa shape index (κ3) is 5.53. The van der Waals surface area contributed by atoms with Gasteiger partial charge in [-0.3, -0.25) is 9.59 Å². The SMILES string of the molecule is C/C(=N\NC(=O)c1c(Nc2ccccc2)sc(C(=O)c2ccccc2)c1N)[C@H]1CC[C@H]2[C@@H]3CC=C4C[C@@H](O)CC[C@]4(C)[C@H]3CC[C@]12C. The van der Waals surface area contributed by atoms with E-state index < -0.39 is 5.91 Å². The number of nitrogens with two attached hydrogens (primary N) is 1. The highest BCUT2D eigenvalue weighted by Crippen LogP contribution is 2.66. The zero-order chi connectivity index (χ0) is 32.9. The molecule has 0 spiro atoms. The van der Waals surface area contributed by atoms with E-state index >= 15 is 0 Å². The van der Waals surface area contributed by atoms with E-state index in [9.17, 15) is 14.7 Å². The average Bonchev–Trinajstić information content (AvgIpc) is 3.60. The van der Waals surface area contributed by atoms with E-state index in [0.717, 1.165) is 49.9 Å². The van der Waals surface area contributed by atoms with Gasteiger partial charge in [-0.05, 0) is 99.0 Å². The molecule has 3 saturated carbocycles. The Balaban J connectivity index is 1.12. The number of thiophene rings is 1. The first-order chi connectivity index (χ1) is 22.6. The molecule has 0 radical (unpaired) electrons. The molecule has 0 unspecified atom stereocenters. The number of hydrogen-bond donors (Lipinski definition) is 4. The number of hydrogen-bond acceptors (Lipinski definition) is 7. The minimum Gasteiger partial charge on any atom is -0.397 e. The van der Waals surface area contributed by atoms with Gasteiger partial charge in [0.05, 0.1) is 17.4 Å². The van der Waals surface area contributed by atoms with Gasteiger partial charge in [0.15, 0.2) is 0 Å². The number of aliphatic hydroxyl groups excluding tert-OH is 1. The number of allylic oxidation sites excluding steroid dienone is 1. The number of nitrogens with one attached hydrogen (secondary N) is 2. The molecule has 4 aliphatic carbocycles. The first-order valence-electron chi connectivity index (χ1n) is 17.2. The lowest BCUT2D eigenvalue weighted by molar-refractivity contribution is -0.0423. The molecule has 0 aliphatic heterocycles. The topological polar surface area (TPSA) is 117 Å². The number of benzene rings is 2. The molecule has 0 bridgehead atoms. The number of nitrogens with zero attached hydrogens (tertiary/aromatic N) is 1. The number of nitrogen functional groups attached to an aromatic ring is 1. The Hall–Kier alpha value is -3.75. The average molecular weight is 651 g/mol. The van der Waals surface area contributed by atoms with Crippen molar-refractivity contribution < 1.29 is 14.7 Å². The van der Waals surface area contributed by atoms with Gasteiger partial charge in [0, 0.05) is 22.9 Å². The predicted octanol–water partition coefficient (Wildman–Crippen LogP) is 8.35. The van der Waals surface area contributed by atoms with Gasteiger partial charge >= 0.3 is 0 Å². The van der Waals surface area contributed by atoms with Gasteiger partial charge in [-0.25, -0.2) is 5.43 Å². The quantitative estimate of drug-likeness (QED) is 0.0888. The lowest BCUT2D eigenvalue weighted by atomic mass is 9.47. The van der Waals surface area contributed by atoms with E-state index in [0.29, 0.717) is 33.2 Å². The number of fused-ring (bicyclic) bond motifs is 5. The van der Waals surface area contributed by atoms with Crippen LogP contribution in [0.2, 0.25) is 0 Å². The van der Waals surface area contributed by atoms with Crippen molar-refractivity contribution in [1.29, 1.82) is 0 Å². The summed E-state index contributed by atoms with van der Waals surface area (Å²) in [7, 11) is 0. The van der Waals surface area contributed by atoms with E-state index in [1.165, 1.54) is 29.8 Å². The summed E-state index contributed by atoms with van der Waals surface area (Å²) in [6.45, 7) is 6.98. The summed E-state index contributed by atoms with van der Waals surface area (Å²) in [4.78, 5) is 27.6. The second kappa shape index (κ2) is 12.4. The van der Waals surface area contributed by atoms with Crippen molar-refractivity contribution in [3.05, 3.63) is 88.3 Å². The lowest BCUT2D eigenvalue weighted by Crippen LogP contribution is -2.51. The number of hydrazone groups is 1. The summed E-state index contributed by atoms with van der Waals surface area (Å²) in [5.41, 5.74) is 13.9. The normalized spacial score (nSPS) is 31.6. The summed E-state index contributed by atoms with van der Waals surface area (Å²) in [5, 5.41) is 18.9. The van der Waals surface area contributed by atoms with E-state index in [4.69, 9.17) is 10.8 Å². The van der Waals surface area contributed by atoms with Crippen LogP contribution in [0.4, 0.5) is 16.4 Å². The first kappa shape index (κ1) is 31.8. The highest BCUT2D eigenvalue weighted by molar-refractivity contribution is 7.19. The minimum atomic E-state index is -0.426. The van der Waals surface area contributed by atoms with E-state index in [1.54, 1.807) is 12.1 Å². The summed E-state index contributed by atoms with van der Waals surface area (Å²) in [6.07, 6.45) is 10.9. The van der Waals surface area contributed by atoms with Crippen molar-refractivity contribution in [1.82, 2.24) is 5.43 Å². The van der Waals surface area contributed by atoms with Crippen LogP contribution in [0, 0.1) is 34.5 Å². The molecule has 5 N–H and O–H groups in total. The summed E-state index contributed by atoms with van der Waals surface area (Å²) < 4.78 is 0. The number of para-hydroxylation sites is 1. The van der Waals surface area contributed by atoms with E-state index in [2.05, 4.69) is 37.6 Å². The zero-order valence-corrected chi connectivity index (χ0v) is 28.4. The fourth-order valence-electron chi connectivity index (χ4n) is 9.90. The molecule has 246 valence electrons. The fraction of sp³-hybridized carbons (Fsp3) is 0.462. The van der Waals surface area contributed by atoms with Gasteiger partial charge in [-0.1, -0.05) is 74.0 Å². The largest absolute Gasteiger partial charge is 0.397 e. The van der Waals surface area contributed by atoms with Gasteiger partial charge in [0.25, 0.3) is 5.91 Å². The molecule has 3 fully saturated rings. The highest BCUT2D eigenvalue weighted by Gasteiger charge is 2.59. The number of aliphatic hydroxyl groups is 1. The van der Waals surface area contributed by atoms with Gasteiger partial charge in [-0.15, -0.1) is 11.3 Å². The van der Waals surface area contributed by atoms with Crippen LogP contribution in [0.1, 0.15) is 97.7 Å². The van der Waals surface area contributed by atoms with E-state index in [-0.39, 0.29) is 39.9 Å². The third-order valence-corrected chi connectivity index (χ3v) is 13.5. The summed E-state index contributed by atoms with van der Waals surface area (Å²) in [5.74, 6) is 1.60. The number of amides is 1. The molecule has 47 heavy (non-hydrogen) atoms. The van der Waals surface area contributed by atoms with Gasteiger partial charge in [0.1, 0.15) is 9.88 Å². The van der Waals surface area contributed by atoms with Crippen LogP contribution >= 0.6 is 11.3 Å². The maximum Gasteiger partial charge on any atom is 0.276 e. The fourth-order valence-corrected chi connectivity index (χ4v) is 11.0. The van der Waals surface area contributed by atoms with Gasteiger partial charge < -0.3 is 16.2 Å². The second-order valence-electron chi connectivity index (χ2n) is 14.8. The number of carbonyl (C=O) groups excluding carboxylic acids is 2. The Kier molecular flexibility index (Phi) is 8.37. The minimum absolute atomic E-state index is 0.131. The molecule has 1 heterocycles. The molecular weight excluding hydrogens is 605 g/mol. The first-order valence-corrected chi connectivity index (χ1v) is 18.0. The molecule has 1 aromatic heterocycles. The standard InChI is InChI=1S/C39H46N4O3S/c1-23(29-16-17-30-28-15-14-25-22-27(44)18-20-38(25,2)31(28)19-21-39(29,30)3)42-43-36(46)32-33(40)35(34(45)24-10-6-4-7-11-24)47-37(32)41-26-12-8-5-9-13-26/h4-14,27-31,41,44H,15-22,40H2,1-3H3,(H,43,46)/b42-23+/t27-,28-,29+,30-,31-,38-,39+/m0/s1. The van der Waals surface area contributed by atoms with Crippen LogP contribution in [0.5, 0.6) is 0 Å². The molecule has 0 saturated heterocycles. The van der Waals surface area contributed by atoms with Crippen molar-refractivity contribution in [3.63, 3.8) is 0 Å². The molecule has 3 aromatic rings. The molecular formula is C39H46N4O3S. The van der Waals surface area contributed by atoms with Crippen molar-refractivity contribution in [3.8, 4) is 0 Å². The maximum atomic E-state index is 13.8. The Labute approximate surface area is 281 Å². The number of carbonyl (C=O) groups is 2. The Bertz CT molecular complexity index is 1730. The molecule has 1 amide bonds. The monoisotopic (exact) mass is 650 g/mol. The van der Waals surface area contributed by atoms with Crippen LogP contribution in [-0.2, 0) is 0 Å². The smallest absolute Gasteiger partial charge is 0.276 e. The molecule has 2 aromatic carbocycles. The van der Waals surface area contributed by atoms with Crippen LogP contribution in [0.25, 0.3) is 0 Å². The zero-order valence-electron chi connectivity index (χ0n) is 27.6. The number of rotatable bonds is 7. The molecule has 7 rings (SSSR count). The van der Waals surface area contributed by atoms with Crippen molar-refractivity contribution >= 4 is 45.1 Å². The highest BCUT2D eigenvalue weighted by atomic mass is 32.1. The Morgan fingerprint density at radius 1 is 0.957 bits per heavy atom. The predicted molar refractivity (Wildman–Crippen MR) is 190 cm³/mol. The van der Waals surface area contributed by atoms with Crippen LogP contribution in [0.15, 0.2) is 77.4 Å². The van der Waals surface area contributed by atoms with Crippen LogP contribution in [-0.4, -0.2) is 28.6 Å².